The van der Waals surface area contributed by atoms with Crippen molar-refractivity contribution in [3.05, 3.63) is 59.4 Å². The molecule has 0 atom stereocenters. The van der Waals surface area contributed by atoms with Gasteiger partial charge in [0.05, 0.1) is 18.4 Å². The molecule has 0 spiro atoms. The first-order valence-corrected chi connectivity index (χ1v) is 7.15. The predicted octanol–water partition coefficient (Wildman–Crippen LogP) is 4.12. The van der Waals surface area contributed by atoms with E-state index in [1.807, 2.05) is 31.2 Å². The zero-order valence-electron chi connectivity index (χ0n) is 11.4. The molecule has 104 valence electrons. The average molecular weight is 290 g/mol. The maximum absolute atomic E-state index is 13.8. The van der Waals surface area contributed by atoms with E-state index >= 15 is 0 Å². The van der Waals surface area contributed by atoms with Crippen LogP contribution in [0.1, 0.15) is 15.9 Å². The largest absolute Gasteiger partial charge is 0.497 e. The summed E-state index contributed by atoms with van der Waals surface area (Å²) in [5.41, 5.74) is 1.22. The van der Waals surface area contributed by atoms with Gasteiger partial charge in [-0.2, -0.15) is 0 Å². The van der Waals surface area contributed by atoms with Crippen molar-refractivity contribution in [2.24, 2.45) is 0 Å². The number of carbonyl (C=O) groups excluding carboxylic acids is 1. The van der Waals surface area contributed by atoms with Crippen molar-refractivity contribution in [1.82, 2.24) is 0 Å². The van der Waals surface area contributed by atoms with Crippen LogP contribution in [0.5, 0.6) is 5.75 Å². The lowest BCUT2D eigenvalue weighted by molar-refractivity contribution is 0.101. The van der Waals surface area contributed by atoms with Gasteiger partial charge in [-0.15, -0.1) is 11.8 Å². The molecule has 0 radical (unpaired) electrons. The maximum Gasteiger partial charge on any atom is 0.176 e. The molecule has 0 amide bonds. The Balaban J connectivity index is 2.07. The quantitative estimate of drug-likeness (QED) is 0.612. The average Bonchev–Trinajstić information content (AvgIpc) is 2.46. The number of halogens is 1. The van der Waals surface area contributed by atoms with E-state index in [-0.39, 0.29) is 17.1 Å². The third-order valence-corrected chi connectivity index (χ3v) is 4.10. The van der Waals surface area contributed by atoms with Crippen molar-refractivity contribution in [1.29, 1.82) is 0 Å². The number of rotatable bonds is 5. The van der Waals surface area contributed by atoms with Crippen molar-refractivity contribution < 1.29 is 13.9 Å². The topological polar surface area (TPSA) is 26.3 Å². The smallest absolute Gasteiger partial charge is 0.176 e. The van der Waals surface area contributed by atoms with Crippen molar-refractivity contribution in [2.75, 3.05) is 12.9 Å². The summed E-state index contributed by atoms with van der Waals surface area (Å²) in [7, 11) is 1.46. The molecular weight excluding hydrogens is 275 g/mol. The van der Waals surface area contributed by atoms with E-state index in [1.54, 1.807) is 6.07 Å². The summed E-state index contributed by atoms with van der Waals surface area (Å²) in [5, 5.41) is 0. The Morgan fingerprint density at radius 1 is 1.25 bits per heavy atom. The highest BCUT2D eigenvalue weighted by atomic mass is 32.2. The highest BCUT2D eigenvalue weighted by molar-refractivity contribution is 8.00. The second-order valence-electron chi connectivity index (χ2n) is 4.32. The lowest BCUT2D eigenvalue weighted by atomic mass is 10.1. The van der Waals surface area contributed by atoms with Crippen LogP contribution in [0.25, 0.3) is 0 Å². The van der Waals surface area contributed by atoms with Gasteiger partial charge in [0.2, 0.25) is 0 Å². The van der Waals surface area contributed by atoms with Crippen molar-refractivity contribution in [3.63, 3.8) is 0 Å². The number of ether oxygens (including phenoxy) is 1. The minimum Gasteiger partial charge on any atom is -0.497 e. The molecule has 2 aromatic rings. The molecule has 0 N–H and O–H groups in total. The van der Waals surface area contributed by atoms with Gasteiger partial charge in [0.25, 0.3) is 0 Å². The summed E-state index contributed by atoms with van der Waals surface area (Å²) in [6.45, 7) is 1.99. The van der Waals surface area contributed by atoms with Crippen molar-refractivity contribution in [2.45, 2.75) is 11.8 Å². The third kappa shape index (κ3) is 3.39. The Kier molecular flexibility index (Phi) is 4.79. The molecule has 20 heavy (non-hydrogen) atoms. The molecule has 0 aliphatic rings. The van der Waals surface area contributed by atoms with Gasteiger partial charge in [-0.25, -0.2) is 4.39 Å². The van der Waals surface area contributed by atoms with Crippen LogP contribution in [-0.2, 0) is 0 Å². The summed E-state index contributed by atoms with van der Waals surface area (Å²) in [4.78, 5) is 13.1. The third-order valence-electron chi connectivity index (χ3n) is 2.93. The van der Waals surface area contributed by atoms with Gasteiger partial charge in [-0.05, 0) is 30.7 Å². The molecule has 0 unspecified atom stereocenters. The van der Waals surface area contributed by atoms with E-state index in [1.165, 1.54) is 31.0 Å². The van der Waals surface area contributed by atoms with E-state index in [9.17, 15) is 9.18 Å². The van der Waals surface area contributed by atoms with Gasteiger partial charge in [0, 0.05) is 11.0 Å². The fraction of sp³-hybridized carbons (Fsp3) is 0.188. The second-order valence-corrected chi connectivity index (χ2v) is 5.34. The van der Waals surface area contributed by atoms with Crippen LogP contribution in [0.3, 0.4) is 0 Å². The second kappa shape index (κ2) is 6.57. The minimum atomic E-state index is -0.542. The van der Waals surface area contributed by atoms with E-state index < -0.39 is 5.82 Å². The monoisotopic (exact) mass is 290 g/mol. The molecule has 0 aliphatic carbocycles. The normalized spacial score (nSPS) is 10.3. The molecule has 0 aromatic heterocycles. The molecule has 2 nitrogen and oxygen atoms in total. The molecular formula is C16H15FO2S. The first kappa shape index (κ1) is 14.6. The zero-order chi connectivity index (χ0) is 14.5. The molecule has 2 rings (SSSR count). The van der Waals surface area contributed by atoms with Crippen LogP contribution < -0.4 is 4.74 Å². The molecule has 0 saturated heterocycles. The first-order valence-electron chi connectivity index (χ1n) is 6.17. The minimum absolute atomic E-state index is 0.104. The Morgan fingerprint density at radius 3 is 2.65 bits per heavy atom. The Morgan fingerprint density at radius 2 is 2.00 bits per heavy atom. The lowest BCUT2D eigenvalue weighted by Crippen LogP contribution is -2.05. The van der Waals surface area contributed by atoms with Gasteiger partial charge in [-0.1, -0.05) is 18.2 Å². The van der Waals surface area contributed by atoms with E-state index in [4.69, 9.17) is 4.74 Å². The van der Waals surface area contributed by atoms with Crippen LogP contribution >= 0.6 is 11.8 Å². The summed E-state index contributed by atoms with van der Waals surface area (Å²) in [6, 6.07) is 12.1. The molecule has 0 saturated carbocycles. The predicted molar refractivity (Wildman–Crippen MR) is 79.2 cm³/mol. The number of methoxy groups -OCH3 is 1. The number of Topliss-reactive ketones (excluding diaryl/α,β-unsaturated/α-hetero) is 1. The summed E-state index contributed by atoms with van der Waals surface area (Å²) in [6.07, 6.45) is 0. The molecule has 0 aliphatic heterocycles. The molecule has 0 fully saturated rings. The number of thioether (sulfide) groups is 1. The Labute approximate surface area is 122 Å². The fourth-order valence-electron chi connectivity index (χ4n) is 1.79. The van der Waals surface area contributed by atoms with Crippen LogP contribution in [0, 0.1) is 12.7 Å². The number of carbonyl (C=O) groups is 1. The van der Waals surface area contributed by atoms with Crippen LogP contribution in [0.15, 0.2) is 47.4 Å². The van der Waals surface area contributed by atoms with Gasteiger partial charge in [0.1, 0.15) is 11.6 Å². The maximum atomic E-state index is 13.8. The Bertz CT molecular complexity index is 626. The summed E-state index contributed by atoms with van der Waals surface area (Å²) < 4.78 is 18.7. The van der Waals surface area contributed by atoms with E-state index in [0.29, 0.717) is 5.75 Å². The van der Waals surface area contributed by atoms with Crippen molar-refractivity contribution in [3.8, 4) is 5.75 Å². The molecule has 0 bridgehead atoms. The number of benzene rings is 2. The van der Waals surface area contributed by atoms with Gasteiger partial charge in [0.15, 0.2) is 5.78 Å². The van der Waals surface area contributed by atoms with E-state index in [0.717, 1.165) is 10.5 Å². The number of ketones is 1. The number of hydrogen-bond donors (Lipinski definition) is 0. The molecule has 0 heterocycles. The van der Waals surface area contributed by atoms with Crippen LogP contribution in [-0.4, -0.2) is 18.6 Å². The van der Waals surface area contributed by atoms with Crippen LogP contribution in [0.4, 0.5) is 4.39 Å². The lowest BCUT2D eigenvalue weighted by Gasteiger charge is -2.06. The number of aryl methyl sites for hydroxylation is 1. The standard InChI is InChI=1S/C16H15FO2S/c1-11-5-3-4-6-16(11)20-10-15(18)13-8-7-12(19-2)9-14(13)17/h3-9H,10H2,1-2H3. The number of hydrogen-bond acceptors (Lipinski definition) is 3. The SMILES string of the molecule is COc1ccc(C(=O)CSc2ccccc2C)c(F)c1. The zero-order valence-corrected chi connectivity index (χ0v) is 12.2. The first-order chi connectivity index (χ1) is 9.61. The highest BCUT2D eigenvalue weighted by Crippen LogP contribution is 2.24. The highest BCUT2D eigenvalue weighted by Gasteiger charge is 2.13. The molecule has 2 aromatic carbocycles. The fourth-order valence-corrected chi connectivity index (χ4v) is 2.70. The van der Waals surface area contributed by atoms with Crippen LogP contribution in [0.2, 0.25) is 0 Å². The van der Waals surface area contributed by atoms with Gasteiger partial charge < -0.3 is 4.74 Å². The Hall–Kier alpha value is -1.81. The summed E-state index contributed by atoms with van der Waals surface area (Å²) >= 11 is 1.42. The molecule has 4 heteroatoms. The van der Waals surface area contributed by atoms with Crippen molar-refractivity contribution >= 4 is 17.5 Å². The van der Waals surface area contributed by atoms with Gasteiger partial charge in [-0.3, -0.25) is 4.79 Å². The van der Waals surface area contributed by atoms with E-state index in [2.05, 4.69) is 0 Å². The summed E-state index contributed by atoms with van der Waals surface area (Å²) in [5.74, 6) is -0.141. The van der Waals surface area contributed by atoms with Gasteiger partial charge >= 0.3 is 0 Å².